The van der Waals surface area contributed by atoms with E-state index in [0.29, 0.717) is 23.9 Å². The van der Waals surface area contributed by atoms with Crippen LogP contribution in [0.1, 0.15) is 55.9 Å². The van der Waals surface area contributed by atoms with E-state index in [9.17, 15) is 9.90 Å². The van der Waals surface area contributed by atoms with Crippen LogP contribution in [-0.4, -0.2) is 35.5 Å². The maximum absolute atomic E-state index is 12.0. The second-order valence-electron chi connectivity index (χ2n) is 9.47. The molecule has 4 nitrogen and oxygen atoms in total. The molecule has 2 atom stereocenters. The SMILES string of the molecule is CC1(C)CC(=O)Nc2ccc(C(O)CN3CCC[C@@H](Cc4ccccc4)C3)c(Cl)c21. The van der Waals surface area contributed by atoms with Crippen LogP contribution >= 0.6 is 11.6 Å². The molecule has 5 heteroatoms. The van der Waals surface area contributed by atoms with Crippen LogP contribution in [0, 0.1) is 5.92 Å². The maximum Gasteiger partial charge on any atom is 0.225 e. The summed E-state index contributed by atoms with van der Waals surface area (Å²) < 4.78 is 0. The number of rotatable bonds is 5. The highest BCUT2D eigenvalue weighted by atomic mass is 35.5. The van der Waals surface area contributed by atoms with Crippen LogP contribution in [-0.2, 0) is 16.6 Å². The standard InChI is InChI=1S/C25H31ClN2O2/c1-25(2)14-22(30)27-20-11-10-19(24(26)23(20)25)21(29)16-28-12-6-9-18(15-28)13-17-7-4-3-5-8-17/h3-5,7-8,10-11,18,21,29H,6,9,12-16H2,1-2H3,(H,27,30)/t18-,21?/m0/s1. The number of nitrogens with one attached hydrogen (secondary N) is 1. The van der Waals surface area contributed by atoms with Gasteiger partial charge in [0, 0.05) is 41.7 Å². The summed E-state index contributed by atoms with van der Waals surface area (Å²) in [5.74, 6) is 0.621. The summed E-state index contributed by atoms with van der Waals surface area (Å²) in [6, 6.07) is 14.4. The Hall–Kier alpha value is -1.88. The number of carbonyl (C=O) groups excluding carboxylic acids is 1. The Bertz CT molecular complexity index is 913. The molecule has 0 aliphatic carbocycles. The molecular weight excluding hydrogens is 396 g/mol. The molecule has 0 bridgehead atoms. The fourth-order valence-corrected chi connectivity index (χ4v) is 5.62. The highest BCUT2D eigenvalue weighted by Gasteiger charge is 2.35. The number of likely N-dealkylation sites (tertiary alicyclic amines) is 1. The lowest BCUT2D eigenvalue weighted by molar-refractivity contribution is -0.117. The van der Waals surface area contributed by atoms with E-state index in [1.54, 1.807) is 0 Å². The van der Waals surface area contributed by atoms with Crippen molar-refractivity contribution in [3.63, 3.8) is 0 Å². The van der Waals surface area contributed by atoms with E-state index >= 15 is 0 Å². The normalized spacial score (nSPS) is 22.3. The van der Waals surface area contributed by atoms with Gasteiger partial charge in [-0.15, -0.1) is 0 Å². The number of hydrogen-bond donors (Lipinski definition) is 2. The maximum atomic E-state index is 12.0. The first-order valence-corrected chi connectivity index (χ1v) is 11.3. The molecule has 4 rings (SSSR count). The molecule has 0 spiro atoms. The number of carbonyl (C=O) groups is 1. The van der Waals surface area contributed by atoms with Crippen molar-refractivity contribution in [2.24, 2.45) is 5.92 Å². The second kappa shape index (κ2) is 8.70. The topological polar surface area (TPSA) is 52.6 Å². The van der Waals surface area contributed by atoms with Crippen LogP contribution in [0.25, 0.3) is 0 Å². The molecule has 1 unspecified atom stereocenters. The number of halogens is 1. The third-order valence-corrected chi connectivity index (χ3v) is 6.89. The molecule has 1 amide bonds. The lowest BCUT2D eigenvalue weighted by atomic mass is 9.77. The molecule has 2 N–H and O–H groups in total. The van der Waals surface area contributed by atoms with Gasteiger partial charge in [-0.25, -0.2) is 0 Å². The monoisotopic (exact) mass is 426 g/mol. The molecule has 0 aromatic heterocycles. The number of aliphatic hydroxyl groups excluding tert-OH is 1. The van der Waals surface area contributed by atoms with Crippen molar-refractivity contribution in [2.75, 3.05) is 25.0 Å². The molecule has 2 aliphatic heterocycles. The lowest BCUT2D eigenvalue weighted by Crippen LogP contribution is -2.39. The molecule has 2 aromatic rings. The molecular formula is C25H31ClN2O2. The van der Waals surface area contributed by atoms with Crippen molar-refractivity contribution in [3.05, 3.63) is 64.2 Å². The van der Waals surface area contributed by atoms with E-state index < -0.39 is 6.10 Å². The van der Waals surface area contributed by atoms with Crippen LogP contribution in [0.5, 0.6) is 0 Å². The van der Waals surface area contributed by atoms with Gasteiger partial charge in [-0.05, 0) is 43.4 Å². The summed E-state index contributed by atoms with van der Waals surface area (Å²) >= 11 is 6.78. The summed E-state index contributed by atoms with van der Waals surface area (Å²) in [5, 5.41) is 14.5. The van der Waals surface area contributed by atoms with Crippen molar-refractivity contribution >= 4 is 23.2 Å². The van der Waals surface area contributed by atoms with Crippen molar-refractivity contribution in [1.29, 1.82) is 0 Å². The Morgan fingerprint density at radius 3 is 2.77 bits per heavy atom. The highest BCUT2D eigenvalue weighted by Crippen LogP contribution is 2.44. The molecule has 160 valence electrons. The molecule has 0 saturated carbocycles. The molecule has 1 fully saturated rings. The average Bonchev–Trinajstić information content (AvgIpc) is 2.68. The average molecular weight is 427 g/mol. The predicted molar refractivity (Wildman–Crippen MR) is 122 cm³/mol. The first-order chi connectivity index (χ1) is 14.3. The minimum absolute atomic E-state index is 0.00893. The molecule has 30 heavy (non-hydrogen) atoms. The summed E-state index contributed by atoms with van der Waals surface area (Å²) in [7, 11) is 0. The molecule has 1 saturated heterocycles. The Morgan fingerprint density at radius 1 is 1.23 bits per heavy atom. The first kappa shape index (κ1) is 21.4. The van der Waals surface area contributed by atoms with Gasteiger partial charge in [0.15, 0.2) is 0 Å². The van der Waals surface area contributed by atoms with Crippen LogP contribution in [0.2, 0.25) is 5.02 Å². The molecule has 2 heterocycles. The van der Waals surface area contributed by atoms with E-state index in [-0.39, 0.29) is 11.3 Å². The van der Waals surface area contributed by atoms with Gasteiger partial charge < -0.3 is 15.3 Å². The quantitative estimate of drug-likeness (QED) is 0.711. The fourth-order valence-electron chi connectivity index (χ4n) is 5.07. The fraction of sp³-hybridized carbons (Fsp3) is 0.480. The number of nitrogens with zero attached hydrogens (tertiary/aromatic N) is 1. The number of amides is 1. The summed E-state index contributed by atoms with van der Waals surface area (Å²) in [6.45, 7) is 6.65. The van der Waals surface area contributed by atoms with Crippen molar-refractivity contribution < 1.29 is 9.90 Å². The van der Waals surface area contributed by atoms with Crippen molar-refractivity contribution in [3.8, 4) is 0 Å². The summed E-state index contributed by atoms with van der Waals surface area (Å²) in [4.78, 5) is 14.4. The zero-order valence-electron chi connectivity index (χ0n) is 17.8. The van der Waals surface area contributed by atoms with Gasteiger partial charge in [0.2, 0.25) is 5.91 Å². The van der Waals surface area contributed by atoms with Gasteiger partial charge >= 0.3 is 0 Å². The number of aliphatic hydroxyl groups is 1. The van der Waals surface area contributed by atoms with Gasteiger partial charge in [0.1, 0.15) is 0 Å². The third kappa shape index (κ3) is 4.56. The molecule has 2 aliphatic rings. The molecule has 2 aromatic carbocycles. The Balaban J connectivity index is 1.46. The number of benzene rings is 2. The largest absolute Gasteiger partial charge is 0.387 e. The Kier molecular flexibility index (Phi) is 6.19. The smallest absolute Gasteiger partial charge is 0.225 e. The van der Waals surface area contributed by atoms with Gasteiger partial charge in [-0.2, -0.15) is 0 Å². The van der Waals surface area contributed by atoms with Gasteiger partial charge in [-0.1, -0.05) is 61.8 Å². The number of piperidine rings is 1. The number of β-amino-alcohol motifs (C(OH)–C–C–N with tert-alkyl or cyclic N) is 1. The summed E-state index contributed by atoms with van der Waals surface area (Å²) in [6.07, 6.45) is 3.22. The Labute approximate surface area is 184 Å². The van der Waals surface area contributed by atoms with E-state index in [4.69, 9.17) is 11.6 Å². The van der Waals surface area contributed by atoms with E-state index in [1.165, 1.54) is 12.0 Å². The van der Waals surface area contributed by atoms with Crippen molar-refractivity contribution in [1.82, 2.24) is 4.90 Å². The first-order valence-electron chi connectivity index (χ1n) is 10.9. The number of fused-ring (bicyclic) bond motifs is 1. The van der Waals surface area contributed by atoms with E-state index in [2.05, 4.69) is 40.5 Å². The minimum Gasteiger partial charge on any atom is -0.387 e. The predicted octanol–water partition coefficient (Wildman–Crippen LogP) is 4.95. The van der Waals surface area contributed by atoms with Crippen LogP contribution in [0.4, 0.5) is 5.69 Å². The minimum atomic E-state index is -0.647. The van der Waals surface area contributed by atoms with Crippen LogP contribution < -0.4 is 5.32 Å². The lowest BCUT2D eigenvalue weighted by Gasteiger charge is -2.36. The number of anilines is 1. The third-order valence-electron chi connectivity index (χ3n) is 6.49. The van der Waals surface area contributed by atoms with Gasteiger partial charge in [-0.3, -0.25) is 4.79 Å². The van der Waals surface area contributed by atoms with Gasteiger partial charge in [0.05, 0.1) is 11.1 Å². The summed E-state index contributed by atoms with van der Waals surface area (Å²) in [5.41, 5.74) is 3.48. The zero-order chi connectivity index (χ0) is 21.3. The number of hydrogen-bond acceptors (Lipinski definition) is 3. The van der Waals surface area contributed by atoms with Crippen LogP contribution in [0.3, 0.4) is 0 Å². The zero-order valence-corrected chi connectivity index (χ0v) is 18.6. The van der Waals surface area contributed by atoms with Crippen molar-refractivity contribution in [2.45, 2.75) is 51.0 Å². The van der Waals surface area contributed by atoms with E-state index in [0.717, 1.165) is 42.7 Å². The molecule has 0 radical (unpaired) electrons. The van der Waals surface area contributed by atoms with Crippen LogP contribution in [0.15, 0.2) is 42.5 Å². The van der Waals surface area contributed by atoms with E-state index in [1.807, 2.05) is 26.0 Å². The highest BCUT2D eigenvalue weighted by molar-refractivity contribution is 6.33. The second-order valence-corrected chi connectivity index (χ2v) is 9.85. The Morgan fingerprint density at radius 2 is 2.00 bits per heavy atom. The van der Waals surface area contributed by atoms with Gasteiger partial charge in [0.25, 0.3) is 0 Å².